The molecule has 0 fully saturated rings. The molecule has 1 aromatic heterocycles. The molecule has 0 saturated carbocycles. The summed E-state index contributed by atoms with van der Waals surface area (Å²) in [6.45, 7) is 5.26. The van der Waals surface area contributed by atoms with Gasteiger partial charge in [0.05, 0.1) is 0 Å². The summed E-state index contributed by atoms with van der Waals surface area (Å²) in [5.74, 6) is 0.801. The molecule has 0 bridgehead atoms. The van der Waals surface area contributed by atoms with Gasteiger partial charge < -0.3 is 9.84 Å². The van der Waals surface area contributed by atoms with Crippen LogP contribution in [0.4, 0.5) is 5.88 Å². The number of hydrogen-bond acceptors (Lipinski definition) is 3. The minimum Gasteiger partial charge on any atom is -0.354 e. The largest absolute Gasteiger partial charge is 0.354 e. The predicted octanol–water partition coefficient (Wildman–Crippen LogP) is 2.64. The Morgan fingerprint density at radius 3 is 2.92 bits per heavy atom. The Labute approximate surface area is 79.5 Å². The molecule has 0 spiro atoms. The van der Waals surface area contributed by atoms with Crippen LogP contribution >= 0.6 is 0 Å². The van der Waals surface area contributed by atoms with Crippen molar-refractivity contribution in [3.63, 3.8) is 0 Å². The summed E-state index contributed by atoms with van der Waals surface area (Å²) >= 11 is 0. The summed E-state index contributed by atoms with van der Waals surface area (Å²) in [6.07, 6.45) is 7.28. The molecule has 13 heavy (non-hydrogen) atoms. The van der Waals surface area contributed by atoms with Gasteiger partial charge in [-0.25, -0.2) is 0 Å². The van der Waals surface area contributed by atoms with E-state index in [1.807, 2.05) is 0 Å². The lowest BCUT2D eigenvalue weighted by Crippen LogP contribution is -2.01. The van der Waals surface area contributed by atoms with Gasteiger partial charge in [0.15, 0.2) is 0 Å². The van der Waals surface area contributed by atoms with Crippen LogP contribution in [0.2, 0.25) is 0 Å². The van der Waals surface area contributed by atoms with Crippen LogP contribution < -0.4 is 5.32 Å². The first-order valence-corrected chi connectivity index (χ1v) is 4.98. The van der Waals surface area contributed by atoms with Crippen molar-refractivity contribution in [2.24, 2.45) is 0 Å². The van der Waals surface area contributed by atoms with Crippen molar-refractivity contribution < 1.29 is 4.52 Å². The minimum absolute atomic E-state index is 0.801. The van der Waals surface area contributed by atoms with Crippen molar-refractivity contribution in [1.29, 1.82) is 0 Å². The van der Waals surface area contributed by atoms with E-state index in [0.717, 1.165) is 37.3 Å². The van der Waals surface area contributed by atoms with Gasteiger partial charge in [-0.1, -0.05) is 31.8 Å². The molecule has 3 heteroatoms. The third-order valence-corrected chi connectivity index (χ3v) is 1.91. The molecule has 1 heterocycles. The fourth-order valence-electron chi connectivity index (χ4n) is 1.17. The first-order valence-electron chi connectivity index (χ1n) is 4.98. The van der Waals surface area contributed by atoms with Crippen molar-refractivity contribution >= 4 is 5.88 Å². The lowest BCUT2D eigenvalue weighted by molar-refractivity contribution is 0.429. The van der Waals surface area contributed by atoms with E-state index < -0.39 is 0 Å². The molecule has 73 valence electrons. The lowest BCUT2D eigenvalue weighted by Gasteiger charge is -2.01. The maximum absolute atomic E-state index is 5.05. The molecule has 0 amide bonds. The van der Waals surface area contributed by atoms with Crippen LogP contribution in [-0.4, -0.2) is 11.7 Å². The van der Waals surface area contributed by atoms with Crippen molar-refractivity contribution in [2.45, 2.75) is 39.5 Å². The van der Waals surface area contributed by atoms with Gasteiger partial charge in [-0.15, -0.1) is 0 Å². The highest BCUT2D eigenvalue weighted by molar-refractivity contribution is 5.38. The first kappa shape index (κ1) is 10.1. The second kappa shape index (κ2) is 5.62. The summed E-state index contributed by atoms with van der Waals surface area (Å²) in [6, 6.07) is 0. The van der Waals surface area contributed by atoms with Crippen LogP contribution in [0.5, 0.6) is 0 Å². The van der Waals surface area contributed by atoms with Gasteiger partial charge in [0.25, 0.3) is 0 Å². The molecule has 0 aliphatic heterocycles. The van der Waals surface area contributed by atoms with Gasteiger partial charge in [0, 0.05) is 12.1 Å². The van der Waals surface area contributed by atoms with E-state index in [4.69, 9.17) is 4.52 Å². The Morgan fingerprint density at radius 1 is 1.38 bits per heavy atom. The van der Waals surface area contributed by atoms with E-state index in [-0.39, 0.29) is 0 Å². The van der Waals surface area contributed by atoms with Crippen LogP contribution in [0.15, 0.2) is 4.52 Å². The Hall–Kier alpha value is -0.990. The molecule has 1 N–H and O–H groups in total. The van der Waals surface area contributed by atoms with Gasteiger partial charge in [-0.2, -0.15) is 0 Å². The molecule has 0 saturated heterocycles. The molecule has 0 aliphatic carbocycles. The number of aryl methyl sites for hydroxylation is 1. The number of nitrogens with one attached hydrogen (secondary N) is 1. The monoisotopic (exact) mass is 181 g/mol. The fourth-order valence-corrected chi connectivity index (χ4v) is 1.17. The van der Waals surface area contributed by atoms with Gasteiger partial charge in [0.1, 0.15) is 6.20 Å². The highest BCUT2D eigenvalue weighted by Crippen LogP contribution is 2.15. The smallest absolute Gasteiger partial charge is 0.228 e. The maximum atomic E-state index is 5.05. The second-order valence-corrected chi connectivity index (χ2v) is 3.13. The van der Waals surface area contributed by atoms with Crippen molar-refractivity contribution in [3.05, 3.63) is 11.8 Å². The van der Waals surface area contributed by atoms with Gasteiger partial charge in [-0.05, 0) is 12.8 Å². The quantitative estimate of drug-likeness (QED) is 0.685. The average molecular weight is 181 g/mol. The number of anilines is 1. The fraction of sp³-hybridized carbons (Fsp3) is 0.700. The van der Waals surface area contributed by atoms with E-state index in [1.54, 1.807) is 0 Å². The van der Waals surface area contributed by atoms with Crippen LogP contribution in [-0.2, 0) is 6.42 Å². The molecule has 3 nitrogen and oxygen atoms in total. The second-order valence-electron chi connectivity index (χ2n) is 3.13. The Balaban J connectivity index is 2.40. The minimum atomic E-state index is 0.801. The van der Waals surface area contributed by atoms with Crippen LogP contribution in [0, 0.1) is 6.20 Å². The Morgan fingerprint density at radius 2 is 2.23 bits per heavy atom. The molecule has 0 atom stereocenters. The van der Waals surface area contributed by atoms with Crippen LogP contribution in [0.3, 0.4) is 0 Å². The maximum Gasteiger partial charge on any atom is 0.228 e. The van der Waals surface area contributed by atoms with E-state index in [9.17, 15) is 0 Å². The zero-order valence-corrected chi connectivity index (χ0v) is 8.39. The number of unbranched alkanes of at least 4 members (excludes halogenated alkanes) is 1. The van der Waals surface area contributed by atoms with Crippen molar-refractivity contribution in [3.8, 4) is 0 Å². The third-order valence-electron chi connectivity index (χ3n) is 1.91. The van der Waals surface area contributed by atoms with Crippen LogP contribution in [0.1, 0.15) is 38.7 Å². The molecule has 0 aromatic carbocycles. The van der Waals surface area contributed by atoms with E-state index in [0.29, 0.717) is 0 Å². The van der Waals surface area contributed by atoms with Gasteiger partial charge >= 0.3 is 0 Å². The summed E-state index contributed by atoms with van der Waals surface area (Å²) in [7, 11) is 0. The summed E-state index contributed by atoms with van der Waals surface area (Å²) in [4.78, 5) is 0. The summed E-state index contributed by atoms with van der Waals surface area (Å²) in [5, 5.41) is 6.88. The molecule has 0 aliphatic rings. The average Bonchev–Trinajstić information content (AvgIpc) is 2.54. The van der Waals surface area contributed by atoms with E-state index in [1.165, 1.54) is 6.42 Å². The zero-order chi connectivity index (χ0) is 9.52. The Bertz CT molecular complexity index is 233. The molecule has 0 unspecified atom stereocenters. The van der Waals surface area contributed by atoms with E-state index in [2.05, 4.69) is 30.5 Å². The highest BCUT2D eigenvalue weighted by Gasteiger charge is 2.05. The number of hydrogen-bond donors (Lipinski definition) is 1. The SMILES string of the molecule is CCCCNc1on[c]c1CCC. The molecule has 1 aromatic rings. The third kappa shape index (κ3) is 3.09. The van der Waals surface area contributed by atoms with Gasteiger partial charge in [0.2, 0.25) is 5.88 Å². The normalized spacial score (nSPS) is 10.3. The summed E-state index contributed by atoms with van der Waals surface area (Å²) in [5.41, 5.74) is 1.07. The van der Waals surface area contributed by atoms with Crippen molar-refractivity contribution in [1.82, 2.24) is 5.16 Å². The molecule has 1 radical (unpaired) electrons. The molecular formula is C10H17N2O. The van der Waals surface area contributed by atoms with Crippen molar-refractivity contribution in [2.75, 3.05) is 11.9 Å². The van der Waals surface area contributed by atoms with Gasteiger partial charge in [-0.3, -0.25) is 0 Å². The lowest BCUT2D eigenvalue weighted by atomic mass is 10.2. The number of nitrogens with zero attached hydrogens (tertiary/aromatic N) is 1. The number of rotatable bonds is 6. The first-order chi connectivity index (χ1) is 6.38. The molecular weight excluding hydrogens is 164 g/mol. The highest BCUT2D eigenvalue weighted by atomic mass is 16.5. The zero-order valence-electron chi connectivity index (χ0n) is 8.39. The van der Waals surface area contributed by atoms with Crippen LogP contribution in [0.25, 0.3) is 0 Å². The molecule has 1 rings (SSSR count). The summed E-state index contributed by atoms with van der Waals surface area (Å²) < 4.78 is 5.05. The standard InChI is InChI=1S/C10H17N2O/c1-3-5-7-11-10-9(6-4-2)8-12-13-10/h11H,3-7H2,1-2H3. The Kier molecular flexibility index (Phi) is 4.36. The number of aromatic nitrogens is 1. The predicted molar refractivity (Wildman–Crippen MR) is 52.7 cm³/mol. The topological polar surface area (TPSA) is 38.1 Å². The van der Waals surface area contributed by atoms with E-state index >= 15 is 0 Å².